The van der Waals surface area contributed by atoms with Crippen molar-refractivity contribution >= 4 is 38.1 Å². The summed E-state index contributed by atoms with van der Waals surface area (Å²) in [5.41, 5.74) is 1.16. The summed E-state index contributed by atoms with van der Waals surface area (Å²) in [5.74, 6) is -1.15. The molecule has 0 bridgehead atoms. The molecule has 2 rings (SSSR count). The molecule has 2 aromatic rings. The van der Waals surface area contributed by atoms with E-state index in [-0.39, 0.29) is 12.2 Å². The summed E-state index contributed by atoms with van der Waals surface area (Å²) >= 11 is 1.26. The van der Waals surface area contributed by atoms with E-state index in [0.717, 1.165) is 11.9 Å². The van der Waals surface area contributed by atoms with Crippen LogP contribution in [-0.4, -0.2) is 43.3 Å². The first-order valence-electron chi connectivity index (χ1n) is 7.51. The summed E-state index contributed by atoms with van der Waals surface area (Å²) in [4.78, 5) is 28.9. The average Bonchev–Trinajstić information content (AvgIpc) is 2.96. The molecule has 9 heteroatoms. The maximum atomic E-state index is 12.5. The lowest BCUT2D eigenvalue weighted by Crippen LogP contribution is -2.44. The fourth-order valence-corrected chi connectivity index (χ4v) is 3.39. The molecular weight excluding hydrogens is 362 g/mol. The fourth-order valence-electron chi connectivity index (χ4n) is 2.04. The SMILES string of the molecule is Cc1csc(NC(=O)C(CCS(C)(=O)=O)NC(=O)c2ccccc2)n1. The normalized spacial score (nSPS) is 12.4. The molecule has 1 unspecified atom stereocenters. The minimum Gasteiger partial charge on any atom is -0.340 e. The molecule has 25 heavy (non-hydrogen) atoms. The van der Waals surface area contributed by atoms with Crippen LogP contribution in [0.4, 0.5) is 5.13 Å². The van der Waals surface area contributed by atoms with Crippen LogP contribution in [0.15, 0.2) is 35.7 Å². The molecular formula is C16H19N3O4S2. The number of benzene rings is 1. The quantitative estimate of drug-likeness (QED) is 0.758. The van der Waals surface area contributed by atoms with E-state index in [1.54, 1.807) is 42.6 Å². The second-order valence-corrected chi connectivity index (χ2v) is 8.71. The highest BCUT2D eigenvalue weighted by Crippen LogP contribution is 2.15. The molecule has 0 aliphatic carbocycles. The van der Waals surface area contributed by atoms with Gasteiger partial charge in [-0.05, 0) is 25.5 Å². The van der Waals surface area contributed by atoms with Crippen molar-refractivity contribution in [2.75, 3.05) is 17.3 Å². The van der Waals surface area contributed by atoms with Crippen molar-refractivity contribution in [2.24, 2.45) is 0 Å². The van der Waals surface area contributed by atoms with Gasteiger partial charge in [0.05, 0.1) is 11.4 Å². The molecule has 0 spiro atoms. The number of aromatic nitrogens is 1. The zero-order valence-corrected chi connectivity index (χ0v) is 15.5. The first-order valence-corrected chi connectivity index (χ1v) is 10.5. The standard InChI is InChI=1S/C16H19N3O4S2/c1-11-10-24-16(17-11)19-15(21)13(8-9-25(2,22)23)18-14(20)12-6-4-3-5-7-12/h3-7,10,13H,8-9H2,1-2H3,(H,18,20)(H,17,19,21). The third kappa shape index (κ3) is 6.28. The summed E-state index contributed by atoms with van der Waals surface area (Å²) in [6.45, 7) is 1.80. The first-order chi connectivity index (χ1) is 11.7. The number of aryl methyl sites for hydroxylation is 1. The number of anilines is 1. The van der Waals surface area contributed by atoms with Crippen LogP contribution in [-0.2, 0) is 14.6 Å². The molecule has 0 saturated carbocycles. The maximum Gasteiger partial charge on any atom is 0.251 e. The molecule has 0 fully saturated rings. The Morgan fingerprint density at radius 3 is 2.48 bits per heavy atom. The van der Waals surface area contributed by atoms with Gasteiger partial charge in [0, 0.05) is 17.2 Å². The lowest BCUT2D eigenvalue weighted by molar-refractivity contribution is -0.118. The third-order valence-electron chi connectivity index (χ3n) is 3.28. The molecule has 0 aliphatic heterocycles. The number of rotatable bonds is 7. The van der Waals surface area contributed by atoms with Gasteiger partial charge in [0.25, 0.3) is 5.91 Å². The Morgan fingerprint density at radius 2 is 1.92 bits per heavy atom. The average molecular weight is 381 g/mol. The van der Waals surface area contributed by atoms with Gasteiger partial charge in [-0.2, -0.15) is 0 Å². The number of carbonyl (C=O) groups is 2. The van der Waals surface area contributed by atoms with Gasteiger partial charge in [-0.25, -0.2) is 13.4 Å². The van der Waals surface area contributed by atoms with Crippen LogP contribution in [0.1, 0.15) is 22.5 Å². The van der Waals surface area contributed by atoms with E-state index in [1.165, 1.54) is 11.3 Å². The zero-order valence-electron chi connectivity index (χ0n) is 13.9. The third-order valence-corrected chi connectivity index (χ3v) is 5.14. The van der Waals surface area contributed by atoms with E-state index in [9.17, 15) is 18.0 Å². The molecule has 2 N–H and O–H groups in total. The second-order valence-electron chi connectivity index (χ2n) is 5.59. The Morgan fingerprint density at radius 1 is 1.24 bits per heavy atom. The van der Waals surface area contributed by atoms with Crippen LogP contribution in [0.2, 0.25) is 0 Å². The van der Waals surface area contributed by atoms with E-state index in [4.69, 9.17) is 0 Å². The summed E-state index contributed by atoms with van der Waals surface area (Å²) in [5, 5.41) is 7.39. The van der Waals surface area contributed by atoms with Gasteiger partial charge in [0.15, 0.2) is 5.13 Å². The predicted molar refractivity (Wildman–Crippen MR) is 97.5 cm³/mol. The minimum atomic E-state index is -3.27. The van der Waals surface area contributed by atoms with Gasteiger partial charge in [0.1, 0.15) is 15.9 Å². The van der Waals surface area contributed by atoms with Crippen molar-refractivity contribution in [3.63, 3.8) is 0 Å². The number of carbonyl (C=O) groups excluding carboxylic acids is 2. The van der Waals surface area contributed by atoms with E-state index in [2.05, 4.69) is 15.6 Å². The Balaban J connectivity index is 2.11. The number of sulfone groups is 1. The van der Waals surface area contributed by atoms with Gasteiger partial charge in [-0.15, -0.1) is 11.3 Å². The number of nitrogens with zero attached hydrogens (tertiary/aromatic N) is 1. The lowest BCUT2D eigenvalue weighted by Gasteiger charge is -2.17. The van der Waals surface area contributed by atoms with Crippen molar-refractivity contribution in [1.82, 2.24) is 10.3 Å². The largest absolute Gasteiger partial charge is 0.340 e. The smallest absolute Gasteiger partial charge is 0.251 e. The van der Waals surface area contributed by atoms with Crippen molar-refractivity contribution in [1.29, 1.82) is 0 Å². The molecule has 1 heterocycles. The van der Waals surface area contributed by atoms with Crippen LogP contribution in [0, 0.1) is 6.92 Å². The molecule has 7 nitrogen and oxygen atoms in total. The first kappa shape index (κ1) is 19.1. The molecule has 0 aliphatic rings. The number of thiazole rings is 1. The number of hydrogen-bond acceptors (Lipinski definition) is 6. The van der Waals surface area contributed by atoms with Crippen molar-refractivity contribution in [3.8, 4) is 0 Å². The summed E-state index contributed by atoms with van der Waals surface area (Å²) < 4.78 is 22.8. The minimum absolute atomic E-state index is 0.0202. The summed E-state index contributed by atoms with van der Waals surface area (Å²) in [7, 11) is -3.27. The Hall–Kier alpha value is -2.26. The topological polar surface area (TPSA) is 105 Å². The molecule has 0 radical (unpaired) electrons. The number of nitrogens with one attached hydrogen (secondary N) is 2. The van der Waals surface area contributed by atoms with E-state index in [0.29, 0.717) is 10.7 Å². The van der Waals surface area contributed by atoms with Gasteiger partial charge < -0.3 is 10.6 Å². The van der Waals surface area contributed by atoms with Gasteiger partial charge in [0.2, 0.25) is 5.91 Å². The predicted octanol–water partition coefficient (Wildman–Crippen LogP) is 1.62. The molecule has 0 saturated heterocycles. The summed E-state index contributed by atoms with van der Waals surface area (Å²) in [6.07, 6.45) is 1.07. The van der Waals surface area contributed by atoms with Crippen molar-refractivity contribution in [2.45, 2.75) is 19.4 Å². The highest BCUT2D eigenvalue weighted by molar-refractivity contribution is 7.90. The summed E-state index contributed by atoms with van der Waals surface area (Å²) in [6, 6.07) is 7.44. The Kier molecular flexibility index (Phi) is 6.27. The van der Waals surface area contributed by atoms with Crippen LogP contribution in [0.3, 0.4) is 0 Å². The van der Waals surface area contributed by atoms with Crippen molar-refractivity contribution < 1.29 is 18.0 Å². The van der Waals surface area contributed by atoms with E-state index >= 15 is 0 Å². The van der Waals surface area contributed by atoms with E-state index in [1.807, 2.05) is 0 Å². The lowest BCUT2D eigenvalue weighted by atomic mass is 10.1. The van der Waals surface area contributed by atoms with Gasteiger partial charge in [-0.1, -0.05) is 18.2 Å². The Bertz CT molecular complexity index is 847. The van der Waals surface area contributed by atoms with Crippen LogP contribution < -0.4 is 10.6 Å². The fraction of sp³-hybridized carbons (Fsp3) is 0.312. The molecule has 134 valence electrons. The maximum absolute atomic E-state index is 12.5. The van der Waals surface area contributed by atoms with Crippen LogP contribution >= 0.6 is 11.3 Å². The second kappa shape index (κ2) is 8.21. The van der Waals surface area contributed by atoms with Crippen LogP contribution in [0.5, 0.6) is 0 Å². The van der Waals surface area contributed by atoms with Gasteiger partial charge in [-0.3, -0.25) is 9.59 Å². The Labute approximate surface area is 150 Å². The molecule has 1 aromatic carbocycles. The molecule has 1 aromatic heterocycles. The zero-order chi connectivity index (χ0) is 18.4. The van der Waals surface area contributed by atoms with Crippen molar-refractivity contribution in [3.05, 3.63) is 47.0 Å². The van der Waals surface area contributed by atoms with Gasteiger partial charge >= 0.3 is 0 Å². The highest BCUT2D eigenvalue weighted by Gasteiger charge is 2.23. The monoisotopic (exact) mass is 381 g/mol. The number of hydrogen-bond donors (Lipinski definition) is 2. The molecule has 2 amide bonds. The van der Waals surface area contributed by atoms with Crippen LogP contribution in [0.25, 0.3) is 0 Å². The highest BCUT2D eigenvalue weighted by atomic mass is 32.2. The molecule has 1 atom stereocenters. The van der Waals surface area contributed by atoms with E-state index < -0.39 is 27.7 Å². The number of amides is 2.